The van der Waals surface area contributed by atoms with Crippen molar-refractivity contribution in [2.75, 3.05) is 45.7 Å². The Morgan fingerprint density at radius 3 is 2.88 bits per heavy atom. The average Bonchev–Trinajstić information content (AvgIpc) is 3.05. The normalized spacial score (nSPS) is 23.9. The van der Waals surface area contributed by atoms with Crippen molar-refractivity contribution >= 4 is 11.3 Å². The van der Waals surface area contributed by atoms with Gasteiger partial charge >= 0.3 is 0 Å². The van der Waals surface area contributed by atoms with Crippen LogP contribution in [0, 0.1) is 6.08 Å². The minimum Gasteiger partial charge on any atom is -0.403 e. The summed E-state index contributed by atoms with van der Waals surface area (Å²) in [4.78, 5) is 4.78. The van der Waals surface area contributed by atoms with E-state index in [1.165, 1.54) is 41.8 Å². The molecule has 3 aliphatic heterocycles. The summed E-state index contributed by atoms with van der Waals surface area (Å²) in [5.41, 5.74) is 6.32. The lowest BCUT2D eigenvalue weighted by Gasteiger charge is -2.30. The second-order valence-electron chi connectivity index (χ2n) is 10.3. The minimum absolute atomic E-state index is 0.00663. The van der Waals surface area contributed by atoms with Gasteiger partial charge in [0.05, 0.1) is 45.9 Å². The quantitative estimate of drug-likeness (QED) is 0.449. The molecule has 1 aliphatic carbocycles. The lowest BCUT2D eigenvalue weighted by molar-refractivity contribution is -0.870. The van der Waals surface area contributed by atoms with Crippen LogP contribution in [-0.2, 0) is 4.74 Å². The van der Waals surface area contributed by atoms with Crippen molar-refractivity contribution in [3.63, 3.8) is 0 Å². The summed E-state index contributed by atoms with van der Waals surface area (Å²) in [6, 6.07) is 8.77. The molecule has 0 spiro atoms. The second kappa shape index (κ2) is 9.05. The number of rotatable bonds is 5. The molecule has 1 atom stereocenters. The highest BCUT2D eigenvalue weighted by Gasteiger charge is 2.41. The van der Waals surface area contributed by atoms with Crippen molar-refractivity contribution in [3.8, 4) is 0 Å². The van der Waals surface area contributed by atoms with E-state index in [-0.39, 0.29) is 6.23 Å². The molecule has 33 heavy (non-hydrogen) atoms. The molecule has 1 unspecified atom stereocenters. The zero-order valence-electron chi connectivity index (χ0n) is 20.1. The average molecular weight is 442 g/mol. The van der Waals surface area contributed by atoms with Gasteiger partial charge < -0.3 is 14.1 Å². The summed E-state index contributed by atoms with van der Waals surface area (Å²) in [7, 11) is 6.77. The number of hydrogen-bond acceptors (Lipinski definition) is 3. The Kier molecular flexibility index (Phi) is 5.97. The van der Waals surface area contributed by atoms with E-state index in [1.807, 2.05) is 12.2 Å². The van der Waals surface area contributed by atoms with E-state index < -0.39 is 0 Å². The van der Waals surface area contributed by atoms with Gasteiger partial charge in [0.2, 0.25) is 6.23 Å². The van der Waals surface area contributed by atoms with Crippen molar-refractivity contribution in [1.82, 2.24) is 4.90 Å². The van der Waals surface area contributed by atoms with Crippen LogP contribution in [0.2, 0.25) is 0 Å². The Bertz CT molecular complexity index is 1080. The Morgan fingerprint density at radius 2 is 2.00 bits per heavy atom. The largest absolute Gasteiger partial charge is 0.403 e. The highest BCUT2D eigenvalue weighted by atomic mass is 16.5. The highest BCUT2D eigenvalue weighted by molar-refractivity contribution is 5.86. The minimum atomic E-state index is -0.00663. The molecule has 3 heterocycles. The van der Waals surface area contributed by atoms with E-state index in [2.05, 4.69) is 91.8 Å². The predicted molar refractivity (Wildman–Crippen MR) is 136 cm³/mol. The zero-order valence-corrected chi connectivity index (χ0v) is 20.1. The van der Waals surface area contributed by atoms with E-state index in [0.29, 0.717) is 0 Å². The highest BCUT2D eigenvalue weighted by Crippen LogP contribution is 2.38. The van der Waals surface area contributed by atoms with Crippen LogP contribution in [-0.4, -0.2) is 56.4 Å². The molecular formula is C29H35N3O+2. The van der Waals surface area contributed by atoms with Crippen molar-refractivity contribution in [1.29, 1.82) is 0 Å². The maximum Gasteiger partial charge on any atom is 0.262 e. The maximum atomic E-state index is 6.37. The standard InChI is InChI=1S/C29H35N3O/c1-32(2,3)22-10-19-30-21-18-23(25-12-4-5-13-26(25)30)16-17-24-11-8-9-20-31-27-14-6-7-15-28(27)33-29(24)31/h4-7,12-13,15-18,21,29H,8-11,19-20,22H2,1-3H3/q+2. The van der Waals surface area contributed by atoms with Crippen LogP contribution >= 0.6 is 0 Å². The van der Waals surface area contributed by atoms with Gasteiger partial charge in [-0.15, -0.1) is 0 Å². The van der Waals surface area contributed by atoms with E-state index >= 15 is 0 Å². The van der Waals surface area contributed by atoms with Crippen LogP contribution < -0.4 is 4.90 Å². The number of benzene rings is 1. The van der Waals surface area contributed by atoms with Crippen molar-refractivity contribution < 1.29 is 9.22 Å². The number of hydrogen-bond donors (Lipinski definition) is 0. The van der Waals surface area contributed by atoms with Gasteiger partial charge in [0.15, 0.2) is 0 Å². The third-order valence-corrected chi connectivity index (χ3v) is 6.70. The van der Waals surface area contributed by atoms with Crippen LogP contribution in [0.25, 0.3) is 5.57 Å². The smallest absolute Gasteiger partial charge is 0.262 e. The summed E-state index contributed by atoms with van der Waals surface area (Å²) >= 11 is 0. The molecular weight excluding hydrogens is 406 g/mol. The molecule has 4 heteroatoms. The Morgan fingerprint density at radius 1 is 1.12 bits per heavy atom. The van der Waals surface area contributed by atoms with Gasteiger partial charge in [-0.25, -0.2) is 0 Å². The molecule has 0 N–H and O–H groups in total. The van der Waals surface area contributed by atoms with Gasteiger partial charge in [0.1, 0.15) is 6.08 Å². The number of allylic oxidation sites excluding steroid dienone is 8. The molecule has 0 aromatic heterocycles. The lowest BCUT2D eigenvalue weighted by atomic mass is 9.98. The van der Waals surface area contributed by atoms with E-state index in [9.17, 15) is 0 Å². The molecule has 4 nitrogen and oxygen atoms in total. The molecule has 4 aliphatic rings. The third kappa shape index (κ3) is 4.68. The van der Waals surface area contributed by atoms with Crippen molar-refractivity contribution in [2.45, 2.75) is 31.9 Å². The van der Waals surface area contributed by atoms with Crippen LogP contribution in [0.5, 0.6) is 0 Å². The monoisotopic (exact) mass is 441 g/mol. The van der Waals surface area contributed by atoms with E-state index in [1.54, 1.807) is 0 Å². The number of para-hydroxylation sites is 1. The number of fused-ring (bicyclic) bond motifs is 3. The molecule has 1 fully saturated rings. The van der Waals surface area contributed by atoms with E-state index in [0.717, 1.165) is 41.9 Å². The molecule has 0 saturated carbocycles. The number of quaternary nitrogens is 1. The summed E-state index contributed by atoms with van der Waals surface area (Å²) in [5.74, 6) is 0.954. The van der Waals surface area contributed by atoms with Gasteiger partial charge in [0.25, 0.3) is 11.5 Å². The predicted octanol–water partition coefficient (Wildman–Crippen LogP) is 5.41. The first-order valence-corrected chi connectivity index (χ1v) is 12.2. The Labute approximate surface area is 198 Å². The fourth-order valence-corrected chi connectivity index (χ4v) is 5.00. The number of anilines is 1. The molecule has 5 rings (SSSR count). The van der Waals surface area contributed by atoms with Crippen LogP contribution in [0.3, 0.4) is 0 Å². The summed E-state index contributed by atoms with van der Waals surface area (Å²) in [5, 5.41) is 0. The van der Waals surface area contributed by atoms with Gasteiger partial charge in [-0.1, -0.05) is 30.4 Å². The lowest BCUT2D eigenvalue weighted by Crippen LogP contribution is -2.37. The number of ether oxygens (including phenoxy) is 1. The molecule has 1 saturated heterocycles. The first-order valence-electron chi connectivity index (χ1n) is 12.2. The molecule has 0 amide bonds. The van der Waals surface area contributed by atoms with Gasteiger partial charge in [0, 0.05) is 37.0 Å². The van der Waals surface area contributed by atoms with Crippen LogP contribution in [0.15, 0.2) is 84.0 Å². The molecule has 1 aromatic rings. The van der Waals surface area contributed by atoms with Gasteiger partial charge in [-0.3, -0.25) is 4.90 Å². The fourth-order valence-electron chi connectivity index (χ4n) is 5.00. The maximum absolute atomic E-state index is 6.37. The SMILES string of the molecule is C[N+](C)(C)CCCN1C=CC(=CC=C2CCCCN3C4=C(C=CC=[C+]4)OC23)c2ccccc21. The first kappa shape index (κ1) is 21.8. The van der Waals surface area contributed by atoms with Gasteiger partial charge in [-0.05, 0) is 42.6 Å². The molecule has 0 bridgehead atoms. The molecule has 1 aromatic carbocycles. The van der Waals surface area contributed by atoms with Crippen molar-refractivity contribution in [3.05, 3.63) is 95.6 Å². The summed E-state index contributed by atoms with van der Waals surface area (Å²) < 4.78 is 7.37. The van der Waals surface area contributed by atoms with Crippen LogP contribution in [0.1, 0.15) is 31.2 Å². The summed E-state index contributed by atoms with van der Waals surface area (Å²) in [6.07, 6.45) is 23.1. The third-order valence-electron chi connectivity index (χ3n) is 6.70. The first-order chi connectivity index (χ1) is 16.0. The van der Waals surface area contributed by atoms with Crippen LogP contribution in [0.4, 0.5) is 5.69 Å². The van der Waals surface area contributed by atoms with E-state index in [4.69, 9.17) is 4.74 Å². The molecule has 170 valence electrons. The van der Waals surface area contributed by atoms with Crippen molar-refractivity contribution in [2.24, 2.45) is 0 Å². The number of nitrogens with zero attached hydrogens (tertiary/aromatic N) is 3. The Hall–Kier alpha value is -3.07. The molecule has 0 radical (unpaired) electrons. The summed E-state index contributed by atoms with van der Waals surface area (Å²) in [6.45, 7) is 3.23. The fraction of sp³-hybridized carbons (Fsp3) is 0.379. The topological polar surface area (TPSA) is 15.7 Å². The Balaban J connectivity index is 1.38. The van der Waals surface area contributed by atoms with Gasteiger partial charge in [-0.2, -0.15) is 0 Å². The second-order valence-corrected chi connectivity index (χ2v) is 10.3. The zero-order chi connectivity index (χ0) is 22.8.